The number of piperidine rings is 1. The van der Waals surface area contributed by atoms with E-state index in [2.05, 4.69) is 15.8 Å². The largest absolute Gasteiger partial charge is 0.475 e. The van der Waals surface area contributed by atoms with Crippen molar-refractivity contribution >= 4 is 18.1 Å². The molecule has 1 aliphatic heterocycles. The number of carbonyl (C=O) groups excluding carboxylic acids is 1. The zero-order chi connectivity index (χ0) is 21.7. The van der Waals surface area contributed by atoms with Gasteiger partial charge >= 0.3 is 12.1 Å². The SMILES string of the molecule is CC(C)(C)OC(=O)N1CCC(=Cc2ccc(COc3cc(C(=O)O)on3)cc2)CC1. The lowest BCUT2D eigenvalue weighted by molar-refractivity contribution is 0.0236. The summed E-state index contributed by atoms with van der Waals surface area (Å²) in [5.74, 6) is -1.31. The van der Waals surface area contributed by atoms with Crippen LogP contribution in [0.1, 0.15) is 55.3 Å². The van der Waals surface area contributed by atoms with Gasteiger partial charge in [-0.05, 0) is 49.9 Å². The van der Waals surface area contributed by atoms with Crippen LogP contribution in [0.2, 0.25) is 0 Å². The molecule has 1 amide bonds. The smallest absolute Gasteiger partial charge is 0.410 e. The minimum Gasteiger partial charge on any atom is -0.475 e. The molecule has 30 heavy (non-hydrogen) atoms. The highest BCUT2D eigenvalue weighted by molar-refractivity contribution is 5.84. The molecule has 0 bridgehead atoms. The van der Waals surface area contributed by atoms with Crippen LogP contribution in [0, 0.1) is 0 Å². The van der Waals surface area contributed by atoms with Crippen molar-refractivity contribution in [2.75, 3.05) is 13.1 Å². The van der Waals surface area contributed by atoms with Gasteiger partial charge in [0.2, 0.25) is 5.76 Å². The maximum atomic E-state index is 12.1. The Morgan fingerprint density at radius 2 is 1.87 bits per heavy atom. The zero-order valence-corrected chi connectivity index (χ0v) is 17.4. The van der Waals surface area contributed by atoms with Crippen LogP contribution in [0.15, 0.2) is 40.4 Å². The van der Waals surface area contributed by atoms with E-state index >= 15 is 0 Å². The van der Waals surface area contributed by atoms with Gasteiger partial charge in [0.05, 0.1) is 6.07 Å². The molecule has 1 N–H and O–H groups in total. The molecular weight excluding hydrogens is 388 g/mol. The Balaban J connectivity index is 1.50. The standard InChI is InChI=1S/C22H26N2O6/c1-22(2,3)29-21(27)24-10-8-16(9-11-24)12-15-4-6-17(7-5-15)14-28-19-13-18(20(25)26)30-23-19/h4-7,12-13H,8-11,14H2,1-3H3,(H,25,26). The Hall–Kier alpha value is -3.29. The third-order valence-electron chi connectivity index (χ3n) is 4.49. The minimum atomic E-state index is -1.19. The van der Waals surface area contributed by atoms with Gasteiger partial charge in [0.15, 0.2) is 0 Å². The van der Waals surface area contributed by atoms with Crippen LogP contribution in [0.3, 0.4) is 0 Å². The summed E-state index contributed by atoms with van der Waals surface area (Å²) in [5.41, 5.74) is 2.82. The molecular formula is C22H26N2O6. The fourth-order valence-electron chi connectivity index (χ4n) is 2.98. The summed E-state index contributed by atoms with van der Waals surface area (Å²) in [6.07, 6.45) is 3.53. The summed E-state index contributed by atoms with van der Waals surface area (Å²) in [4.78, 5) is 24.7. The number of carbonyl (C=O) groups is 2. The van der Waals surface area contributed by atoms with Crippen LogP contribution >= 0.6 is 0 Å². The molecule has 0 unspecified atom stereocenters. The lowest BCUT2D eigenvalue weighted by Crippen LogP contribution is -2.40. The van der Waals surface area contributed by atoms with Crippen molar-refractivity contribution in [2.45, 2.75) is 45.8 Å². The molecule has 0 aliphatic carbocycles. The second-order valence-corrected chi connectivity index (χ2v) is 8.13. The maximum absolute atomic E-state index is 12.1. The van der Waals surface area contributed by atoms with Crippen molar-refractivity contribution in [3.63, 3.8) is 0 Å². The van der Waals surface area contributed by atoms with Crippen LogP contribution in [-0.2, 0) is 11.3 Å². The first-order valence-corrected chi connectivity index (χ1v) is 9.79. The molecule has 2 heterocycles. The fraction of sp³-hybridized carbons (Fsp3) is 0.409. The summed E-state index contributed by atoms with van der Waals surface area (Å²) < 4.78 is 15.5. The monoisotopic (exact) mass is 414 g/mol. The Bertz CT molecular complexity index is 914. The number of likely N-dealkylation sites (tertiary alicyclic amines) is 1. The molecule has 2 aromatic rings. The minimum absolute atomic E-state index is 0.135. The van der Waals surface area contributed by atoms with Gasteiger partial charge in [-0.1, -0.05) is 35.9 Å². The highest BCUT2D eigenvalue weighted by atomic mass is 16.6. The van der Waals surface area contributed by atoms with Gasteiger partial charge in [-0.15, -0.1) is 0 Å². The van der Waals surface area contributed by atoms with Crippen molar-refractivity contribution in [3.8, 4) is 5.88 Å². The number of benzene rings is 1. The third kappa shape index (κ3) is 6.10. The van der Waals surface area contributed by atoms with Gasteiger partial charge in [-0.3, -0.25) is 0 Å². The number of hydrogen-bond acceptors (Lipinski definition) is 6. The Kier molecular flexibility index (Phi) is 6.44. The number of nitrogens with zero attached hydrogens (tertiary/aromatic N) is 2. The first-order chi connectivity index (χ1) is 14.2. The molecule has 8 heteroatoms. The van der Waals surface area contributed by atoms with Crippen molar-refractivity contribution < 1.29 is 28.7 Å². The molecule has 160 valence electrons. The average Bonchev–Trinajstić information content (AvgIpc) is 3.16. The molecule has 0 spiro atoms. The van der Waals surface area contributed by atoms with Crippen LogP contribution in [0.4, 0.5) is 4.79 Å². The van der Waals surface area contributed by atoms with Gasteiger partial charge in [0.25, 0.3) is 5.88 Å². The molecule has 1 aromatic carbocycles. The first-order valence-electron chi connectivity index (χ1n) is 9.79. The topological polar surface area (TPSA) is 102 Å². The quantitative estimate of drug-likeness (QED) is 0.775. The van der Waals surface area contributed by atoms with E-state index in [1.807, 2.05) is 45.0 Å². The number of amides is 1. The van der Waals surface area contributed by atoms with E-state index < -0.39 is 11.6 Å². The highest BCUT2D eigenvalue weighted by Crippen LogP contribution is 2.22. The van der Waals surface area contributed by atoms with Gasteiger partial charge in [-0.25, -0.2) is 9.59 Å². The Morgan fingerprint density at radius 3 is 2.43 bits per heavy atom. The molecule has 0 atom stereocenters. The fourth-order valence-corrected chi connectivity index (χ4v) is 2.98. The van der Waals surface area contributed by atoms with E-state index in [0.29, 0.717) is 13.1 Å². The first kappa shape index (κ1) is 21.4. The molecule has 3 rings (SSSR count). The summed E-state index contributed by atoms with van der Waals surface area (Å²) >= 11 is 0. The number of aromatic carboxylic acids is 1. The van der Waals surface area contributed by atoms with E-state index in [4.69, 9.17) is 14.6 Å². The molecule has 1 aromatic heterocycles. The van der Waals surface area contributed by atoms with Gasteiger partial charge in [0.1, 0.15) is 12.2 Å². The van der Waals surface area contributed by atoms with Crippen molar-refractivity contribution in [1.29, 1.82) is 0 Å². The summed E-state index contributed by atoms with van der Waals surface area (Å²) in [7, 11) is 0. The number of hydrogen-bond donors (Lipinski definition) is 1. The number of ether oxygens (including phenoxy) is 2. The van der Waals surface area contributed by atoms with Gasteiger partial charge in [0, 0.05) is 13.1 Å². The predicted octanol–water partition coefficient (Wildman–Crippen LogP) is 4.37. The second kappa shape index (κ2) is 9.02. The lowest BCUT2D eigenvalue weighted by atomic mass is 10.0. The van der Waals surface area contributed by atoms with Crippen molar-refractivity contribution in [1.82, 2.24) is 10.1 Å². The Morgan fingerprint density at radius 1 is 1.20 bits per heavy atom. The van der Waals surface area contributed by atoms with Crippen molar-refractivity contribution in [3.05, 3.63) is 52.8 Å². The molecule has 1 fully saturated rings. The summed E-state index contributed by atoms with van der Waals surface area (Å²) in [6.45, 7) is 7.17. The molecule has 0 radical (unpaired) electrons. The summed E-state index contributed by atoms with van der Waals surface area (Å²) in [6, 6.07) is 9.13. The van der Waals surface area contributed by atoms with Crippen LogP contribution in [0.25, 0.3) is 6.08 Å². The molecule has 0 saturated carbocycles. The Labute approximate surface area is 175 Å². The molecule has 8 nitrogen and oxygen atoms in total. The second-order valence-electron chi connectivity index (χ2n) is 8.13. The van der Waals surface area contributed by atoms with E-state index in [1.54, 1.807) is 4.90 Å². The highest BCUT2D eigenvalue weighted by Gasteiger charge is 2.24. The normalized spacial score (nSPS) is 14.4. The van der Waals surface area contributed by atoms with E-state index in [-0.39, 0.29) is 24.3 Å². The zero-order valence-electron chi connectivity index (χ0n) is 17.4. The predicted molar refractivity (Wildman–Crippen MR) is 109 cm³/mol. The lowest BCUT2D eigenvalue weighted by Gasteiger charge is -2.31. The van der Waals surface area contributed by atoms with E-state index in [9.17, 15) is 9.59 Å². The number of carboxylic acid groups (broad SMARTS) is 1. The van der Waals surface area contributed by atoms with Gasteiger partial charge in [-0.2, -0.15) is 0 Å². The van der Waals surface area contributed by atoms with Crippen molar-refractivity contribution in [2.24, 2.45) is 0 Å². The third-order valence-corrected chi connectivity index (χ3v) is 4.49. The maximum Gasteiger partial charge on any atom is 0.410 e. The summed E-state index contributed by atoms with van der Waals surface area (Å²) in [5, 5.41) is 12.4. The number of rotatable bonds is 5. The average molecular weight is 414 g/mol. The molecule has 1 saturated heterocycles. The van der Waals surface area contributed by atoms with E-state index in [0.717, 1.165) is 24.0 Å². The number of carboxylic acids is 1. The number of aromatic nitrogens is 1. The molecule has 1 aliphatic rings. The van der Waals surface area contributed by atoms with Crippen LogP contribution in [-0.4, -0.2) is 45.9 Å². The van der Waals surface area contributed by atoms with E-state index in [1.165, 1.54) is 11.6 Å². The van der Waals surface area contributed by atoms with Crippen LogP contribution in [0.5, 0.6) is 5.88 Å². The van der Waals surface area contributed by atoms with Gasteiger partial charge < -0.3 is 24.0 Å². The van der Waals surface area contributed by atoms with Crippen LogP contribution < -0.4 is 4.74 Å².